The molecule has 2 heterocycles. The van der Waals surface area contributed by atoms with Crippen molar-refractivity contribution >= 4 is 22.1 Å². The van der Waals surface area contributed by atoms with Crippen LogP contribution in [-0.4, -0.2) is 36.8 Å². The number of aliphatic hydroxyl groups is 2. The lowest BCUT2D eigenvalue weighted by Gasteiger charge is -2.20. The van der Waals surface area contributed by atoms with E-state index in [4.69, 9.17) is 0 Å². The van der Waals surface area contributed by atoms with Crippen molar-refractivity contribution in [3.05, 3.63) is 60.2 Å². The molecule has 4 N–H and O–H groups in total. The van der Waals surface area contributed by atoms with E-state index in [1.54, 1.807) is 0 Å². The van der Waals surface area contributed by atoms with Crippen LogP contribution < -0.4 is 0 Å². The van der Waals surface area contributed by atoms with E-state index in [2.05, 4.69) is 19.9 Å². The van der Waals surface area contributed by atoms with Gasteiger partial charge in [-0.15, -0.1) is 0 Å². The summed E-state index contributed by atoms with van der Waals surface area (Å²) in [4.78, 5) is 14.9. The van der Waals surface area contributed by atoms with Crippen molar-refractivity contribution in [2.75, 3.05) is 6.61 Å². The average Bonchev–Trinajstić information content (AvgIpc) is 3.18. The molecule has 0 radical (unpaired) electrons. The number of fused-ring (bicyclic) bond motifs is 2. The molecule has 6 nitrogen and oxygen atoms in total. The number of aromatic nitrogens is 4. The second-order valence-corrected chi connectivity index (χ2v) is 5.22. The van der Waals surface area contributed by atoms with Crippen molar-refractivity contribution < 1.29 is 10.2 Å². The highest BCUT2D eigenvalue weighted by atomic mass is 16.3. The largest absolute Gasteiger partial charge is 0.392 e. The van der Waals surface area contributed by atoms with E-state index < -0.39 is 12.2 Å². The first kappa shape index (κ1) is 13.0. The maximum atomic E-state index is 10.9. The molecule has 0 amide bonds. The number of aromatic amines is 2. The molecule has 0 unspecified atom stereocenters. The zero-order valence-corrected chi connectivity index (χ0v) is 11.6. The smallest absolute Gasteiger partial charge is 0.203 e. The van der Waals surface area contributed by atoms with Gasteiger partial charge in [-0.05, 0) is 24.3 Å². The van der Waals surface area contributed by atoms with Crippen LogP contribution in [0.1, 0.15) is 11.6 Å². The van der Waals surface area contributed by atoms with Gasteiger partial charge in [-0.25, -0.2) is 9.97 Å². The van der Waals surface area contributed by atoms with Crippen molar-refractivity contribution in [3.8, 4) is 0 Å². The Morgan fingerprint density at radius 3 is 1.68 bits per heavy atom. The van der Waals surface area contributed by atoms with Gasteiger partial charge >= 0.3 is 0 Å². The summed E-state index contributed by atoms with van der Waals surface area (Å²) in [6.45, 7) is -0.535. The normalized spacial score (nSPS) is 12.3. The monoisotopic (exact) mass is 294 g/mol. The lowest BCUT2D eigenvalue weighted by molar-refractivity contribution is 0.00438. The predicted octanol–water partition coefficient (Wildman–Crippen LogP) is 1.67. The Bertz CT molecular complexity index is 817. The molecule has 0 spiro atoms. The van der Waals surface area contributed by atoms with E-state index in [0.717, 1.165) is 22.1 Å². The topological polar surface area (TPSA) is 97.8 Å². The van der Waals surface area contributed by atoms with Gasteiger partial charge < -0.3 is 20.2 Å². The number of hydrogen-bond donors (Lipinski definition) is 4. The summed E-state index contributed by atoms with van der Waals surface area (Å²) in [6.07, 6.45) is 0. The van der Waals surface area contributed by atoms with Crippen LogP contribution in [0.25, 0.3) is 22.1 Å². The van der Waals surface area contributed by atoms with Crippen molar-refractivity contribution in [1.29, 1.82) is 0 Å². The summed E-state index contributed by atoms with van der Waals surface area (Å²) >= 11 is 0. The minimum absolute atomic E-state index is 0.259. The maximum absolute atomic E-state index is 10.9. The quantitative estimate of drug-likeness (QED) is 0.462. The zero-order chi connectivity index (χ0) is 15.2. The number of H-pyrrole nitrogens is 2. The molecule has 4 rings (SSSR count). The standard InChI is InChI=1S/C16H14N4O2/c21-9-16(22,14-17-10-5-1-2-6-11(10)18-14)15-19-12-7-3-4-8-13(12)20-15/h1-8,21-22H,9H2,(H,17,18)(H,19,20). The Morgan fingerprint density at radius 1 is 0.818 bits per heavy atom. The molecule has 0 saturated carbocycles. The molecule has 6 heteroatoms. The maximum Gasteiger partial charge on any atom is 0.203 e. The van der Waals surface area contributed by atoms with E-state index in [1.165, 1.54) is 0 Å². The fourth-order valence-electron chi connectivity index (χ4n) is 2.56. The summed E-state index contributed by atoms with van der Waals surface area (Å²) in [5.41, 5.74) is 1.32. The third-order valence-electron chi connectivity index (χ3n) is 3.79. The Morgan fingerprint density at radius 2 is 1.27 bits per heavy atom. The molecule has 0 atom stereocenters. The molecule has 0 aliphatic carbocycles. The summed E-state index contributed by atoms with van der Waals surface area (Å²) in [5, 5.41) is 20.7. The molecule has 4 aromatic rings. The van der Waals surface area contributed by atoms with E-state index in [1.807, 2.05) is 48.5 Å². The van der Waals surface area contributed by atoms with Gasteiger partial charge in [0.1, 0.15) is 11.6 Å². The number of nitrogens with zero attached hydrogens (tertiary/aromatic N) is 2. The summed E-state index contributed by atoms with van der Waals surface area (Å²) in [5.74, 6) is 0.519. The molecule has 2 aromatic carbocycles. The number of imidazole rings is 2. The number of hydrogen-bond acceptors (Lipinski definition) is 4. The predicted molar refractivity (Wildman–Crippen MR) is 82.3 cm³/mol. The lowest BCUT2D eigenvalue weighted by atomic mass is 10.0. The molecular weight excluding hydrogens is 280 g/mol. The van der Waals surface area contributed by atoms with Crippen LogP contribution in [0.15, 0.2) is 48.5 Å². The highest BCUT2D eigenvalue weighted by molar-refractivity contribution is 5.76. The van der Waals surface area contributed by atoms with Gasteiger partial charge in [0.05, 0.1) is 28.7 Å². The van der Waals surface area contributed by atoms with Crippen LogP contribution in [0.3, 0.4) is 0 Å². The Kier molecular flexibility index (Phi) is 2.75. The Hall–Kier alpha value is -2.70. The van der Waals surface area contributed by atoms with E-state index in [-0.39, 0.29) is 11.6 Å². The van der Waals surface area contributed by atoms with Crippen LogP contribution in [0, 0.1) is 0 Å². The molecule has 110 valence electrons. The molecule has 0 bridgehead atoms. The van der Waals surface area contributed by atoms with Gasteiger partial charge in [0.2, 0.25) is 5.60 Å². The van der Waals surface area contributed by atoms with Crippen LogP contribution in [0.2, 0.25) is 0 Å². The van der Waals surface area contributed by atoms with Gasteiger partial charge in [0, 0.05) is 0 Å². The summed E-state index contributed by atoms with van der Waals surface area (Å²) in [6, 6.07) is 14.9. The van der Waals surface area contributed by atoms with E-state index in [9.17, 15) is 10.2 Å². The van der Waals surface area contributed by atoms with Crippen molar-refractivity contribution in [2.24, 2.45) is 0 Å². The molecule has 2 aromatic heterocycles. The van der Waals surface area contributed by atoms with Crippen LogP contribution in [-0.2, 0) is 5.60 Å². The van der Waals surface area contributed by atoms with E-state index in [0.29, 0.717) is 0 Å². The fourth-order valence-corrected chi connectivity index (χ4v) is 2.56. The minimum Gasteiger partial charge on any atom is -0.392 e. The number of para-hydroxylation sites is 4. The zero-order valence-electron chi connectivity index (χ0n) is 11.6. The second kappa shape index (κ2) is 4.66. The first-order chi connectivity index (χ1) is 10.7. The molecular formula is C16H14N4O2. The number of nitrogens with one attached hydrogen (secondary N) is 2. The van der Waals surface area contributed by atoms with Gasteiger partial charge in [-0.2, -0.15) is 0 Å². The van der Waals surface area contributed by atoms with Crippen molar-refractivity contribution in [3.63, 3.8) is 0 Å². The average molecular weight is 294 g/mol. The lowest BCUT2D eigenvalue weighted by Crippen LogP contribution is -2.34. The fraction of sp³-hybridized carbons (Fsp3) is 0.125. The molecule has 22 heavy (non-hydrogen) atoms. The molecule has 0 aliphatic rings. The number of rotatable bonds is 3. The molecule has 0 aliphatic heterocycles. The first-order valence-corrected chi connectivity index (χ1v) is 6.94. The van der Waals surface area contributed by atoms with Gasteiger partial charge in [-0.1, -0.05) is 24.3 Å². The highest BCUT2D eigenvalue weighted by Gasteiger charge is 2.37. The van der Waals surface area contributed by atoms with Crippen LogP contribution >= 0.6 is 0 Å². The second-order valence-electron chi connectivity index (χ2n) is 5.22. The SMILES string of the molecule is OCC(O)(c1nc2ccccc2[nH]1)c1nc2ccccc2[nH]1. The highest BCUT2D eigenvalue weighted by Crippen LogP contribution is 2.28. The Labute approximate surface area is 125 Å². The van der Waals surface area contributed by atoms with Gasteiger partial charge in [0.15, 0.2) is 0 Å². The Balaban J connectivity index is 1.90. The van der Waals surface area contributed by atoms with E-state index >= 15 is 0 Å². The third kappa shape index (κ3) is 1.82. The van der Waals surface area contributed by atoms with Crippen LogP contribution in [0.4, 0.5) is 0 Å². The van der Waals surface area contributed by atoms with Crippen LogP contribution in [0.5, 0.6) is 0 Å². The molecule has 0 fully saturated rings. The first-order valence-electron chi connectivity index (χ1n) is 6.94. The minimum atomic E-state index is -1.71. The van der Waals surface area contributed by atoms with Gasteiger partial charge in [0.25, 0.3) is 0 Å². The third-order valence-corrected chi connectivity index (χ3v) is 3.79. The van der Waals surface area contributed by atoms with Crippen molar-refractivity contribution in [1.82, 2.24) is 19.9 Å². The van der Waals surface area contributed by atoms with Crippen molar-refractivity contribution in [2.45, 2.75) is 5.60 Å². The number of benzene rings is 2. The molecule has 0 saturated heterocycles. The summed E-state index contributed by atoms with van der Waals surface area (Å²) < 4.78 is 0. The van der Waals surface area contributed by atoms with Gasteiger partial charge in [-0.3, -0.25) is 0 Å². The number of aliphatic hydroxyl groups excluding tert-OH is 1. The summed E-state index contributed by atoms with van der Waals surface area (Å²) in [7, 11) is 0.